The van der Waals surface area contributed by atoms with Gasteiger partial charge in [0.25, 0.3) is 0 Å². The van der Waals surface area contributed by atoms with Crippen molar-refractivity contribution in [3.63, 3.8) is 0 Å². The molecule has 2 heteroatoms. The van der Waals surface area contributed by atoms with Crippen LogP contribution in [0.2, 0.25) is 0 Å². The molecule has 82 valence electrons. The van der Waals surface area contributed by atoms with Gasteiger partial charge in [0.05, 0.1) is 0 Å². The summed E-state index contributed by atoms with van der Waals surface area (Å²) >= 11 is 0. The average Bonchev–Trinajstić information content (AvgIpc) is 2.08. The lowest BCUT2D eigenvalue weighted by Gasteiger charge is -1.97. The Hall–Kier alpha value is -0.790. The maximum absolute atomic E-state index is 10.2. The van der Waals surface area contributed by atoms with Crippen molar-refractivity contribution in [2.45, 2.75) is 52.4 Å². The van der Waals surface area contributed by atoms with E-state index in [9.17, 15) is 4.79 Å². The second-order valence-electron chi connectivity index (χ2n) is 4.02. The van der Waals surface area contributed by atoms with Crippen LogP contribution in [0.5, 0.6) is 0 Å². The van der Waals surface area contributed by atoms with Crippen molar-refractivity contribution in [3.05, 3.63) is 12.2 Å². The fraction of sp³-hybridized carbons (Fsp3) is 0.750. The van der Waals surface area contributed by atoms with Gasteiger partial charge in [0.1, 0.15) is 0 Å². The molecule has 14 heavy (non-hydrogen) atoms. The predicted molar refractivity (Wildman–Crippen MR) is 59.3 cm³/mol. The SMILES string of the molecule is CC(C)C=CCCCCCCC(=O)O. The Kier molecular flexibility index (Phi) is 8.30. The fourth-order valence-electron chi connectivity index (χ4n) is 1.26. The summed E-state index contributed by atoms with van der Waals surface area (Å²) in [7, 11) is 0. The highest BCUT2D eigenvalue weighted by molar-refractivity contribution is 5.66. The second kappa shape index (κ2) is 8.79. The first-order valence-corrected chi connectivity index (χ1v) is 5.51. The molecule has 0 bridgehead atoms. The van der Waals surface area contributed by atoms with Gasteiger partial charge in [-0.3, -0.25) is 4.79 Å². The molecule has 0 unspecified atom stereocenters. The average molecular weight is 198 g/mol. The molecule has 0 rings (SSSR count). The zero-order valence-electron chi connectivity index (χ0n) is 9.33. The zero-order chi connectivity index (χ0) is 10.8. The number of carboxylic acid groups (broad SMARTS) is 1. The second-order valence-corrected chi connectivity index (χ2v) is 4.02. The van der Waals surface area contributed by atoms with Crippen molar-refractivity contribution in [1.29, 1.82) is 0 Å². The molecule has 0 radical (unpaired) electrons. The first kappa shape index (κ1) is 13.2. The van der Waals surface area contributed by atoms with Crippen LogP contribution in [0.4, 0.5) is 0 Å². The molecular weight excluding hydrogens is 176 g/mol. The summed E-state index contributed by atoms with van der Waals surface area (Å²) in [5.41, 5.74) is 0. The maximum Gasteiger partial charge on any atom is 0.303 e. The molecule has 0 fully saturated rings. The van der Waals surface area contributed by atoms with Crippen molar-refractivity contribution in [3.8, 4) is 0 Å². The Morgan fingerprint density at radius 3 is 2.43 bits per heavy atom. The highest BCUT2D eigenvalue weighted by atomic mass is 16.4. The van der Waals surface area contributed by atoms with Gasteiger partial charge < -0.3 is 5.11 Å². The van der Waals surface area contributed by atoms with E-state index in [-0.39, 0.29) is 0 Å². The summed E-state index contributed by atoms with van der Waals surface area (Å²) in [5.74, 6) is -0.0354. The van der Waals surface area contributed by atoms with Crippen molar-refractivity contribution in [2.24, 2.45) is 5.92 Å². The Labute approximate surface area is 87.0 Å². The van der Waals surface area contributed by atoms with E-state index >= 15 is 0 Å². The number of carboxylic acids is 1. The minimum atomic E-state index is -0.676. The third kappa shape index (κ3) is 11.2. The van der Waals surface area contributed by atoms with E-state index in [2.05, 4.69) is 26.0 Å². The summed E-state index contributed by atoms with van der Waals surface area (Å²) in [5, 5.41) is 8.40. The van der Waals surface area contributed by atoms with Gasteiger partial charge >= 0.3 is 5.97 Å². The smallest absolute Gasteiger partial charge is 0.303 e. The number of hydrogen-bond acceptors (Lipinski definition) is 1. The highest BCUT2D eigenvalue weighted by Gasteiger charge is 1.95. The third-order valence-electron chi connectivity index (χ3n) is 2.03. The molecule has 1 N–H and O–H groups in total. The number of carbonyl (C=O) groups is 1. The molecule has 0 aromatic heterocycles. The molecule has 0 amide bonds. The predicted octanol–water partition coefficient (Wildman–Crippen LogP) is 3.62. The van der Waals surface area contributed by atoms with Crippen LogP contribution in [-0.2, 0) is 4.79 Å². The summed E-state index contributed by atoms with van der Waals surface area (Å²) in [6.45, 7) is 4.34. The van der Waals surface area contributed by atoms with E-state index in [0.717, 1.165) is 25.7 Å². The van der Waals surface area contributed by atoms with Gasteiger partial charge in [-0.2, -0.15) is 0 Å². The first-order valence-electron chi connectivity index (χ1n) is 5.51. The van der Waals surface area contributed by atoms with Gasteiger partial charge in [0.15, 0.2) is 0 Å². The Balaban J connectivity index is 3.10. The van der Waals surface area contributed by atoms with Crippen LogP contribution in [0.1, 0.15) is 52.4 Å². The number of unbranched alkanes of at least 4 members (excludes halogenated alkanes) is 4. The van der Waals surface area contributed by atoms with Crippen molar-refractivity contribution in [1.82, 2.24) is 0 Å². The van der Waals surface area contributed by atoms with E-state index in [4.69, 9.17) is 5.11 Å². The van der Waals surface area contributed by atoms with Crippen LogP contribution in [0.3, 0.4) is 0 Å². The Morgan fingerprint density at radius 1 is 1.21 bits per heavy atom. The fourth-order valence-corrected chi connectivity index (χ4v) is 1.26. The molecular formula is C12H22O2. The lowest BCUT2D eigenvalue weighted by molar-refractivity contribution is -0.137. The molecule has 0 saturated carbocycles. The van der Waals surface area contributed by atoms with Crippen LogP contribution >= 0.6 is 0 Å². The van der Waals surface area contributed by atoms with Crippen molar-refractivity contribution < 1.29 is 9.90 Å². The lowest BCUT2D eigenvalue weighted by Crippen LogP contribution is -1.93. The summed E-state index contributed by atoms with van der Waals surface area (Å²) in [6, 6.07) is 0. The molecule has 0 aromatic carbocycles. The summed E-state index contributed by atoms with van der Waals surface area (Å²) in [6.07, 6.45) is 10.1. The van der Waals surface area contributed by atoms with Crippen LogP contribution < -0.4 is 0 Å². The van der Waals surface area contributed by atoms with Crippen molar-refractivity contribution >= 4 is 5.97 Å². The highest BCUT2D eigenvalue weighted by Crippen LogP contribution is 2.06. The monoisotopic (exact) mass is 198 g/mol. The maximum atomic E-state index is 10.2. The number of rotatable bonds is 8. The van der Waals surface area contributed by atoms with E-state index in [0.29, 0.717) is 12.3 Å². The quantitative estimate of drug-likeness (QED) is 0.477. The van der Waals surface area contributed by atoms with Crippen LogP contribution in [0.15, 0.2) is 12.2 Å². The van der Waals surface area contributed by atoms with Crippen LogP contribution in [-0.4, -0.2) is 11.1 Å². The Bertz CT molecular complexity index is 171. The molecule has 0 aliphatic rings. The van der Waals surface area contributed by atoms with Crippen molar-refractivity contribution in [2.75, 3.05) is 0 Å². The number of hydrogen-bond donors (Lipinski definition) is 1. The van der Waals surface area contributed by atoms with E-state index < -0.39 is 5.97 Å². The standard InChI is InChI=1S/C12H22O2/c1-11(2)9-7-5-3-4-6-8-10-12(13)14/h7,9,11H,3-6,8,10H2,1-2H3,(H,13,14). The van der Waals surface area contributed by atoms with Gasteiger partial charge in [-0.15, -0.1) is 0 Å². The normalized spacial score (nSPS) is 11.4. The van der Waals surface area contributed by atoms with Gasteiger partial charge in [0, 0.05) is 6.42 Å². The van der Waals surface area contributed by atoms with E-state index in [1.165, 1.54) is 6.42 Å². The minimum absolute atomic E-state index is 0.321. The number of aliphatic carboxylic acids is 1. The molecule has 0 atom stereocenters. The first-order chi connectivity index (χ1) is 6.63. The number of allylic oxidation sites excluding steroid dienone is 2. The topological polar surface area (TPSA) is 37.3 Å². The van der Waals surface area contributed by atoms with Gasteiger partial charge in [-0.1, -0.05) is 38.8 Å². The van der Waals surface area contributed by atoms with Gasteiger partial charge in [-0.25, -0.2) is 0 Å². The Morgan fingerprint density at radius 2 is 1.86 bits per heavy atom. The van der Waals surface area contributed by atoms with Gasteiger partial charge in [0.2, 0.25) is 0 Å². The molecule has 0 aromatic rings. The largest absolute Gasteiger partial charge is 0.481 e. The van der Waals surface area contributed by atoms with Crippen LogP contribution in [0.25, 0.3) is 0 Å². The molecule has 2 nitrogen and oxygen atoms in total. The minimum Gasteiger partial charge on any atom is -0.481 e. The van der Waals surface area contributed by atoms with Crippen LogP contribution in [0, 0.1) is 5.92 Å². The molecule has 0 heterocycles. The van der Waals surface area contributed by atoms with E-state index in [1.807, 2.05) is 0 Å². The molecule has 0 spiro atoms. The zero-order valence-corrected chi connectivity index (χ0v) is 9.33. The summed E-state index contributed by atoms with van der Waals surface area (Å²) < 4.78 is 0. The lowest BCUT2D eigenvalue weighted by atomic mass is 10.1. The molecule has 0 saturated heterocycles. The summed E-state index contributed by atoms with van der Waals surface area (Å²) in [4.78, 5) is 10.2. The molecule has 0 aliphatic carbocycles. The van der Waals surface area contributed by atoms with E-state index in [1.54, 1.807) is 0 Å². The third-order valence-corrected chi connectivity index (χ3v) is 2.03. The molecule has 0 aliphatic heterocycles. The van der Waals surface area contributed by atoms with Gasteiger partial charge in [-0.05, 0) is 25.2 Å².